The van der Waals surface area contributed by atoms with Gasteiger partial charge in [0.15, 0.2) is 0 Å². The number of pyridine rings is 1. The second-order valence-electron chi connectivity index (χ2n) is 12.0. The summed E-state index contributed by atoms with van der Waals surface area (Å²) in [7, 11) is 0. The number of hydrogen-bond donors (Lipinski definition) is 0. The van der Waals surface area contributed by atoms with E-state index in [1.807, 2.05) is 18.2 Å². The maximum absolute atomic E-state index is 6.38. The van der Waals surface area contributed by atoms with E-state index < -0.39 is 0 Å². The molecular weight excluding hydrogens is 576 g/mol. The first kappa shape index (κ1) is 25.9. The van der Waals surface area contributed by atoms with Gasteiger partial charge in [-0.15, -0.1) is 0 Å². The summed E-state index contributed by atoms with van der Waals surface area (Å²) in [5, 5.41) is 8.84. The molecule has 10 aromatic rings. The van der Waals surface area contributed by atoms with Crippen LogP contribution < -0.4 is 4.90 Å². The minimum Gasteiger partial charge on any atom is -0.456 e. The Balaban J connectivity index is 1.21. The third-order valence-electron chi connectivity index (χ3n) is 9.29. The van der Waals surface area contributed by atoms with Crippen molar-refractivity contribution in [2.75, 3.05) is 4.90 Å². The van der Waals surface area contributed by atoms with Crippen molar-refractivity contribution in [1.82, 2.24) is 4.98 Å². The molecule has 0 aliphatic rings. The van der Waals surface area contributed by atoms with Crippen molar-refractivity contribution in [2.45, 2.75) is 0 Å². The summed E-state index contributed by atoms with van der Waals surface area (Å²) in [6.45, 7) is 0. The highest BCUT2D eigenvalue weighted by Gasteiger charge is 2.18. The second-order valence-corrected chi connectivity index (χ2v) is 12.0. The molecule has 0 saturated heterocycles. The first-order valence-corrected chi connectivity index (χ1v) is 15.8. The first-order chi connectivity index (χ1) is 23.3. The third kappa shape index (κ3) is 4.05. The molecule has 0 aliphatic heterocycles. The van der Waals surface area contributed by atoms with Crippen LogP contribution in [0.4, 0.5) is 17.1 Å². The number of para-hydroxylation sites is 1. The van der Waals surface area contributed by atoms with Gasteiger partial charge in [-0.1, -0.05) is 84.9 Å². The molecule has 0 amide bonds. The molecule has 220 valence electrons. The van der Waals surface area contributed by atoms with Crippen molar-refractivity contribution in [3.05, 3.63) is 158 Å². The molecule has 0 fully saturated rings. The van der Waals surface area contributed by atoms with E-state index in [9.17, 15) is 0 Å². The van der Waals surface area contributed by atoms with Crippen LogP contribution in [-0.4, -0.2) is 4.98 Å². The van der Waals surface area contributed by atoms with E-state index in [4.69, 9.17) is 8.83 Å². The van der Waals surface area contributed by atoms with Crippen LogP contribution in [0.2, 0.25) is 0 Å². The van der Waals surface area contributed by atoms with Crippen LogP contribution in [0.15, 0.2) is 167 Å². The maximum Gasteiger partial charge on any atom is 0.227 e. The minimum atomic E-state index is 0.662. The highest BCUT2D eigenvalue weighted by atomic mass is 16.3. The molecule has 3 heterocycles. The number of fused-ring (bicyclic) bond motifs is 10. The summed E-state index contributed by atoms with van der Waals surface area (Å²) in [4.78, 5) is 6.83. The summed E-state index contributed by atoms with van der Waals surface area (Å²) in [5.41, 5.74) is 8.84. The molecule has 0 aliphatic carbocycles. The third-order valence-corrected chi connectivity index (χ3v) is 9.29. The quantitative estimate of drug-likeness (QED) is 0.188. The molecule has 3 aromatic heterocycles. The number of nitrogens with zero attached hydrogens (tertiary/aromatic N) is 2. The summed E-state index contributed by atoms with van der Waals surface area (Å²) in [6, 6.07) is 53.5. The Kier molecular flexibility index (Phi) is 5.54. The van der Waals surface area contributed by atoms with Gasteiger partial charge in [0, 0.05) is 50.2 Å². The lowest BCUT2D eigenvalue weighted by Gasteiger charge is -2.26. The van der Waals surface area contributed by atoms with Crippen LogP contribution in [-0.2, 0) is 0 Å². The Morgan fingerprint density at radius 1 is 0.426 bits per heavy atom. The van der Waals surface area contributed by atoms with Gasteiger partial charge in [0.2, 0.25) is 5.71 Å². The van der Waals surface area contributed by atoms with Crippen molar-refractivity contribution in [3.8, 4) is 11.1 Å². The molecule has 0 radical (unpaired) electrons. The molecule has 0 atom stereocenters. The van der Waals surface area contributed by atoms with Crippen molar-refractivity contribution >= 4 is 82.6 Å². The lowest BCUT2D eigenvalue weighted by atomic mass is 9.98. The summed E-state index contributed by atoms with van der Waals surface area (Å²) in [6.07, 6.45) is 1.78. The second kappa shape index (κ2) is 10.1. The molecule has 47 heavy (non-hydrogen) atoms. The van der Waals surface area contributed by atoms with Crippen LogP contribution in [0, 0.1) is 0 Å². The zero-order chi connectivity index (χ0) is 30.9. The van der Waals surface area contributed by atoms with Gasteiger partial charge in [-0.2, -0.15) is 0 Å². The summed E-state index contributed by atoms with van der Waals surface area (Å²) < 4.78 is 12.6. The Bertz CT molecular complexity index is 2810. The lowest BCUT2D eigenvalue weighted by Crippen LogP contribution is -2.10. The van der Waals surface area contributed by atoms with Crippen molar-refractivity contribution in [1.29, 1.82) is 0 Å². The highest BCUT2D eigenvalue weighted by molar-refractivity contribution is 6.23. The largest absolute Gasteiger partial charge is 0.456 e. The van der Waals surface area contributed by atoms with Crippen LogP contribution in [0.1, 0.15) is 0 Å². The standard InChI is InChI=1S/C43H26N2O2/c1-2-8-27(9-3-1)29-10-6-11-31(24-29)45(33-19-22-40-38(26-33)35-12-4-5-14-39(35)46-40)32-18-21-34-30(25-32)16-15-28-17-20-36-37-13-7-23-44-43(37)47-42(36)41(28)34/h1-26H. The monoisotopic (exact) mass is 602 g/mol. The van der Waals surface area contributed by atoms with Crippen LogP contribution in [0.25, 0.3) is 76.7 Å². The van der Waals surface area contributed by atoms with Crippen molar-refractivity contribution in [2.24, 2.45) is 0 Å². The molecule has 0 unspecified atom stereocenters. The average molecular weight is 603 g/mol. The topological polar surface area (TPSA) is 42.4 Å². The zero-order valence-electron chi connectivity index (χ0n) is 25.2. The Morgan fingerprint density at radius 3 is 2.11 bits per heavy atom. The minimum absolute atomic E-state index is 0.662. The van der Waals surface area contributed by atoms with Crippen molar-refractivity contribution in [3.63, 3.8) is 0 Å². The van der Waals surface area contributed by atoms with Crippen LogP contribution in [0.5, 0.6) is 0 Å². The number of furan rings is 2. The van der Waals surface area contributed by atoms with Gasteiger partial charge in [0.1, 0.15) is 16.7 Å². The fraction of sp³-hybridized carbons (Fsp3) is 0. The molecule has 4 heteroatoms. The summed E-state index contributed by atoms with van der Waals surface area (Å²) >= 11 is 0. The van der Waals surface area contributed by atoms with E-state index in [0.717, 1.165) is 82.5 Å². The van der Waals surface area contributed by atoms with Gasteiger partial charge in [0.25, 0.3) is 0 Å². The van der Waals surface area contributed by atoms with E-state index in [2.05, 4.69) is 143 Å². The van der Waals surface area contributed by atoms with Crippen LogP contribution in [0.3, 0.4) is 0 Å². The SMILES string of the molecule is c1ccc(-c2cccc(N(c3ccc4c(ccc5ccc6c7cccnc7oc6c54)c3)c3ccc4oc5ccccc5c4c3)c2)cc1. The van der Waals surface area contributed by atoms with E-state index in [0.29, 0.717) is 5.71 Å². The first-order valence-electron chi connectivity index (χ1n) is 15.8. The van der Waals surface area contributed by atoms with E-state index in [-0.39, 0.29) is 0 Å². The van der Waals surface area contributed by atoms with Gasteiger partial charge in [-0.3, -0.25) is 0 Å². The molecule has 7 aromatic carbocycles. The predicted octanol–water partition coefficient (Wildman–Crippen LogP) is 12.3. The lowest BCUT2D eigenvalue weighted by molar-refractivity contribution is 0.658. The fourth-order valence-corrected chi connectivity index (χ4v) is 7.10. The molecule has 4 nitrogen and oxygen atoms in total. The van der Waals surface area contributed by atoms with Gasteiger partial charge >= 0.3 is 0 Å². The predicted molar refractivity (Wildman–Crippen MR) is 194 cm³/mol. The molecule has 10 rings (SSSR count). The van der Waals surface area contributed by atoms with Crippen LogP contribution >= 0.6 is 0 Å². The molecular formula is C43H26N2O2. The Hall–Kier alpha value is -6.39. The van der Waals surface area contributed by atoms with Gasteiger partial charge in [-0.05, 0) is 94.0 Å². The van der Waals surface area contributed by atoms with Gasteiger partial charge in [-0.25, -0.2) is 4.98 Å². The average Bonchev–Trinajstić information content (AvgIpc) is 3.70. The number of aromatic nitrogens is 1. The normalized spacial score (nSPS) is 11.8. The van der Waals surface area contributed by atoms with E-state index >= 15 is 0 Å². The number of anilines is 3. The fourth-order valence-electron chi connectivity index (χ4n) is 7.10. The molecule has 0 saturated carbocycles. The molecule has 0 N–H and O–H groups in total. The molecule has 0 spiro atoms. The number of rotatable bonds is 4. The van der Waals surface area contributed by atoms with Crippen molar-refractivity contribution < 1.29 is 8.83 Å². The maximum atomic E-state index is 6.38. The Labute approximate surface area is 269 Å². The highest BCUT2D eigenvalue weighted by Crippen LogP contribution is 2.42. The number of benzene rings is 7. The zero-order valence-corrected chi connectivity index (χ0v) is 25.2. The van der Waals surface area contributed by atoms with E-state index in [1.54, 1.807) is 6.20 Å². The Morgan fingerprint density at radius 2 is 1.15 bits per heavy atom. The van der Waals surface area contributed by atoms with Gasteiger partial charge < -0.3 is 13.7 Å². The summed E-state index contributed by atoms with van der Waals surface area (Å²) in [5.74, 6) is 0. The smallest absolute Gasteiger partial charge is 0.227 e. The van der Waals surface area contributed by atoms with E-state index in [1.165, 1.54) is 5.56 Å². The number of hydrogen-bond acceptors (Lipinski definition) is 4. The van der Waals surface area contributed by atoms with Gasteiger partial charge in [0.05, 0.1) is 0 Å². The molecule has 0 bridgehead atoms.